The van der Waals surface area contributed by atoms with Gasteiger partial charge >= 0.3 is 0 Å². The third kappa shape index (κ3) is 3.60. The molecule has 4 nitrogen and oxygen atoms in total. The van der Waals surface area contributed by atoms with Gasteiger partial charge < -0.3 is 19.3 Å². The number of benzene rings is 1. The predicted molar refractivity (Wildman–Crippen MR) is 70.8 cm³/mol. The van der Waals surface area contributed by atoms with E-state index >= 15 is 0 Å². The van der Waals surface area contributed by atoms with Crippen LogP contribution < -0.4 is 9.47 Å². The van der Waals surface area contributed by atoms with Gasteiger partial charge in [-0.1, -0.05) is 0 Å². The second-order valence-electron chi connectivity index (χ2n) is 4.34. The van der Waals surface area contributed by atoms with Crippen LogP contribution in [0.4, 0.5) is 0 Å². The van der Waals surface area contributed by atoms with Gasteiger partial charge in [-0.15, -0.1) is 0 Å². The van der Waals surface area contributed by atoms with Gasteiger partial charge in [0.15, 0.2) is 18.3 Å². The summed E-state index contributed by atoms with van der Waals surface area (Å²) in [5.74, 6) is 1.91. The quantitative estimate of drug-likeness (QED) is 0.620. The van der Waals surface area contributed by atoms with E-state index in [0.717, 1.165) is 22.6 Å². The first kappa shape index (κ1) is 13.6. The summed E-state index contributed by atoms with van der Waals surface area (Å²) in [6, 6.07) is 3.56. The Morgan fingerprint density at radius 3 is 2.78 bits per heavy atom. The molecule has 0 unspecified atom stereocenters. The fourth-order valence-corrected chi connectivity index (χ4v) is 2.21. The van der Waals surface area contributed by atoms with Crippen LogP contribution in [0.15, 0.2) is 16.6 Å². The molecule has 18 heavy (non-hydrogen) atoms. The van der Waals surface area contributed by atoms with Gasteiger partial charge in [-0.3, -0.25) is 0 Å². The van der Waals surface area contributed by atoms with E-state index in [9.17, 15) is 0 Å². The minimum atomic E-state index is -0.0343. The second-order valence-corrected chi connectivity index (χ2v) is 5.20. The lowest BCUT2D eigenvalue weighted by atomic mass is 10.2. The van der Waals surface area contributed by atoms with Crippen molar-refractivity contribution in [2.24, 2.45) is 5.92 Å². The minimum Gasteiger partial charge on any atom is -0.493 e. The van der Waals surface area contributed by atoms with Crippen LogP contribution in [0, 0.1) is 5.92 Å². The Morgan fingerprint density at radius 1 is 1.39 bits per heavy atom. The normalized spacial score (nSPS) is 14.6. The molecule has 5 heteroatoms. The molecule has 0 aromatic heterocycles. The van der Waals surface area contributed by atoms with E-state index in [1.165, 1.54) is 12.8 Å². The number of rotatable bonds is 7. The highest BCUT2D eigenvalue weighted by atomic mass is 79.9. The molecule has 1 fully saturated rings. The number of ether oxygens (including phenoxy) is 3. The highest BCUT2D eigenvalue weighted by Crippen LogP contribution is 2.36. The highest BCUT2D eigenvalue weighted by Gasteiger charge is 2.21. The van der Waals surface area contributed by atoms with Crippen LogP contribution in [0.3, 0.4) is 0 Å². The van der Waals surface area contributed by atoms with E-state index in [0.29, 0.717) is 11.5 Å². The van der Waals surface area contributed by atoms with Crippen LogP contribution in [0.25, 0.3) is 0 Å². The zero-order valence-electron chi connectivity index (χ0n) is 10.3. The summed E-state index contributed by atoms with van der Waals surface area (Å²) >= 11 is 3.40. The fraction of sp³-hybridized carbons (Fsp3) is 0.538. The zero-order valence-corrected chi connectivity index (χ0v) is 11.9. The molecule has 0 aliphatic heterocycles. The molecule has 1 aliphatic rings. The third-order valence-electron chi connectivity index (χ3n) is 2.81. The van der Waals surface area contributed by atoms with Crippen molar-refractivity contribution >= 4 is 15.9 Å². The average Bonchev–Trinajstić information content (AvgIpc) is 3.19. The van der Waals surface area contributed by atoms with Gasteiger partial charge in [0.1, 0.15) is 0 Å². The first-order chi connectivity index (χ1) is 8.74. The molecule has 1 aliphatic carbocycles. The smallest absolute Gasteiger partial charge is 0.189 e. The van der Waals surface area contributed by atoms with Crippen molar-refractivity contribution in [3.8, 4) is 11.5 Å². The Labute approximate surface area is 115 Å². The molecule has 2 rings (SSSR count). The lowest BCUT2D eigenvalue weighted by molar-refractivity contribution is 0.00820. The Balaban J connectivity index is 1.96. The Hall–Kier alpha value is -0.780. The van der Waals surface area contributed by atoms with Crippen molar-refractivity contribution in [2.75, 3.05) is 20.5 Å². The van der Waals surface area contributed by atoms with Gasteiger partial charge in [0, 0.05) is 0 Å². The Kier molecular flexibility index (Phi) is 4.86. The van der Waals surface area contributed by atoms with Crippen LogP contribution in [-0.2, 0) is 11.3 Å². The third-order valence-corrected chi connectivity index (χ3v) is 3.40. The van der Waals surface area contributed by atoms with Crippen molar-refractivity contribution in [1.29, 1.82) is 0 Å². The van der Waals surface area contributed by atoms with E-state index in [-0.39, 0.29) is 13.4 Å². The van der Waals surface area contributed by atoms with Crippen molar-refractivity contribution < 1.29 is 19.3 Å². The van der Waals surface area contributed by atoms with Gasteiger partial charge in [-0.25, -0.2) is 0 Å². The van der Waals surface area contributed by atoms with Crippen LogP contribution in [0.2, 0.25) is 0 Å². The van der Waals surface area contributed by atoms with E-state index in [4.69, 9.17) is 19.3 Å². The first-order valence-electron chi connectivity index (χ1n) is 5.92. The molecule has 0 saturated heterocycles. The largest absolute Gasteiger partial charge is 0.493 e. The molecule has 1 aromatic carbocycles. The number of halogens is 1. The van der Waals surface area contributed by atoms with Crippen LogP contribution >= 0.6 is 15.9 Å². The van der Waals surface area contributed by atoms with Crippen LogP contribution in [0.1, 0.15) is 18.4 Å². The molecular formula is C13H17BrO4. The molecular weight excluding hydrogens is 300 g/mol. The Bertz CT molecular complexity index is 404. The molecule has 1 saturated carbocycles. The first-order valence-corrected chi connectivity index (χ1v) is 6.71. The molecule has 0 heterocycles. The summed E-state index contributed by atoms with van der Waals surface area (Å²) in [5.41, 5.74) is 0.768. The number of hydrogen-bond acceptors (Lipinski definition) is 4. The maximum absolute atomic E-state index is 9.11. The fourth-order valence-electron chi connectivity index (χ4n) is 1.60. The van der Waals surface area contributed by atoms with E-state index in [1.54, 1.807) is 19.2 Å². The van der Waals surface area contributed by atoms with E-state index < -0.39 is 0 Å². The lowest BCUT2D eigenvalue weighted by Gasteiger charge is -2.13. The monoisotopic (exact) mass is 316 g/mol. The summed E-state index contributed by atoms with van der Waals surface area (Å²) in [5, 5.41) is 9.11. The maximum atomic E-state index is 9.11. The van der Waals surface area contributed by atoms with Gasteiger partial charge in [0.05, 0.1) is 24.8 Å². The zero-order chi connectivity index (χ0) is 13.0. The Morgan fingerprint density at radius 2 is 2.17 bits per heavy atom. The van der Waals surface area contributed by atoms with Crippen LogP contribution in [0.5, 0.6) is 11.5 Å². The minimum absolute atomic E-state index is 0.0343. The van der Waals surface area contributed by atoms with Crippen molar-refractivity contribution in [3.05, 3.63) is 22.2 Å². The maximum Gasteiger partial charge on any atom is 0.189 e. The van der Waals surface area contributed by atoms with E-state index in [1.807, 2.05) is 0 Å². The van der Waals surface area contributed by atoms with Crippen molar-refractivity contribution in [3.63, 3.8) is 0 Å². The second kappa shape index (κ2) is 6.41. The molecule has 1 aromatic rings. The molecule has 0 spiro atoms. The topological polar surface area (TPSA) is 47.9 Å². The summed E-state index contributed by atoms with van der Waals surface area (Å²) in [4.78, 5) is 0. The molecule has 0 amide bonds. The molecule has 1 N–H and O–H groups in total. The number of aliphatic hydroxyl groups is 1. The molecule has 0 atom stereocenters. The van der Waals surface area contributed by atoms with Gasteiger partial charge in [0.2, 0.25) is 0 Å². The van der Waals surface area contributed by atoms with Gasteiger partial charge in [-0.2, -0.15) is 0 Å². The summed E-state index contributed by atoms with van der Waals surface area (Å²) in [6.45, 7) is 0.937. The van der Waals surface area contributed by atoms with Gasteiger partial charge in [-0.05, 0) is 52.4 Å². The SMILES string of the molecule is COc1cc(CO)cc(Br)c1OCOCC1CC1. The summed E-state index contributed by atoms with van der Waals surface area (Å²) in [7, 11) is 1.57. The standard InChI is InChI=1S/C13H17BrO4/c1-16-12-5-10(6-15)4-11(14)13(12)18-8-17-7-9-2-3-9/h4-5,9,15H,2-3,6-8H2,1H3. The molecule has 0 bridgehead atoms. The summed E-state index contributed by atoms with van der Waals surface area (Å²) in [6.07, 6.45) is 2.52. The van der Waals surface area contributed by atoms with Crippen molar-refractivity contribution in [1.82, 2.24) is 0 Å². The molecule has 100 valence electrons. The number of aliphatic hydroxyl groups excluding tert-OH is 1. The van der Waals surface area contributed by atoms with Gasteiger partial charge in [0.25, 0.3) is 0 Å². The number of methoxy groups -OCH3 is 1. The predicted octanol–water partition coefficient (Wildman–Crippen LogP) is 2.71. The van der Waals surface area contributed by atoms with Crippen molar-refractivity contribution in [2.45, 2.75) is 19.4 Å². The highest BCUT2D eigenvalue weighted by molar-refractivity contribution is 9.10. The van der Waals surface area contributed by atoms with E-state index in [2.05, 4.69) is 15.9 Å². The average molecular weight is 317 g/mol. The lowest BCUT2D eigenvalue weighted by Crippen LogP contribution is -2.06. The number of hydrogen-bond donors (Lipinski definition) is 1. The molecule has 0 radical (unpaired) electrons. The van der Waals surface area contributed by atoms with Crippen LogP contribution in [-0.4, -0.2) is 25.6 Å². The summed E-state index contributed by atoms with van der Waals surface area (Å²) < 4.78 is 17.0.